The molecule has 1 fully saturated rings. The molecular formula is C26H32N4O2S. The van der Waals surface area contributed by atoms with Crippen LogP contribution in [0.2, 0.25) is 0 Å². The number of carbonyl (C=O) groups is 1. The zero-order valence-electron chi connectivity index (χ0n) is 19.3. The standard InChI is InChI=1S/C26H32N4O2S/c1-32-23-14-12-22(13-15-23)25-27-28-26(30(25)19-16-21-10-6-5-7-11-21)33-20-24(31)29-17-8-3-2-4-9-18-29/h5-7,10-15H,2-4,8-9,16-20H2,1H3. The number of hydrogen-bond donors (Lipinski definition) is 0. The van der Waals surface area contributed by atoms with Crippen molar-refractivity contribution in [3.63, 3.8) is 0 Å². The highest BCUT2D eigenvalue weighted by Gasteiger charge is 2.19. The Morgan fingerprint density at radius 1 is 0.939 bits per heavy atom. The van der Waals surface area contributed by atoms with Crippen molar-refractivity contribution >= 4 is 17.7 Å². The van der Waals surface area contributed by atoms with E-state index in [0.29, 0.717) is 5.75 Å². The average molecular weight is 465 g/mol. The molecule has 0 N–H and O–H groups in total. The van der Waals surface area contributed by atoms with Gasteiger partial charge in [-0.2, -0.15) is 0 Å². The van der Waals surface area contributed by atoms with Gasteiger partial charge in [-0.3, -0.25) is 4.79 Å². The molecule has 1 amide bonds. The van der Waals surface area contributed by atoms with Gasteiger partial charge in [0.15, 0.2) is 11.0 Å². The predicted octanol–water partition coefficient (Wildman–Crippen LogP) is 5.08. The summed E-state index contributed by atoms with van der Waals surface area (Å²) in [4.78, 5) is 14.9. The third kappa shape index (κ3) is 6.38. The molecule has 1 aliphatic heterocycles. The van der Waals surface area contributed by atoms with Crippen LogP contribution in [0.4, 0.5) is 0 Å². The van der Waals surface area contributed by atoms with Crippen LogP contribution in [0.3, 0.4) is 0 Å². The quantitative estimate of drug-likeness (QED) is 0.435. The number of aromatic nitrogens is 3. The number of hydrogen-bond acceptors (Lipinski definition) is 5. The number of rotatable bonds is 8. The lowest BCUT2D eigenvalue weighted by Gasteiger charge is -2.24. The van der Waals surface area contributed by atoms with Crippen molar-refractivity contribution in [2.24, 2.45) is 0 Å². The molecule has 1 saturated heterocycles. The van der Waals surface area contributed by atoms with Crippen molar-refractivity contribution in [2.45, 2.75) is 50.2 Å². The van der Waals surface area contributed by atoms with Crippen LogP contribution >= 0.6 is 11.8 Å². The van der Waals surface area contributed by atoms with Gasteiger partial charge >= 0.3 is 0 Å². The van der Waals surface area contributed by atoms with Gasteiger partial charge < -0.3 is 14.2 Å². The Morgan fingerprint density at radius 3 is 2.33 bits per heavy atom. The van der Waals surface area contributed by atoms with Gasteiger partial charge in [0.25, 0.3) is 0 Å². The smallest absolute Gasteiger partial charge is 0.233 e. The van der Waals surface area contributed by atoms with Crippen molar-refractivity contribution in [3.8, 4) is 17.1 Å². The molecule has 0 aliphatic carbocycles. The number of nitrogens with zero attached hydrogens (tertiary/aromatic N) is 4. The van der Waals surface area contributed by atoms with Gasteiger partial charge in [0.1, 0.15) is 5.75 Å². The zero-order valence-corrected chi connectivity index (χ0v) is 20.1. The van der Waals surface area contributed by atoms with E-state index >= 15 is 0 Å². The summed E-state index contributed by atoms with van der Waals surface area (Å²) in [5, 5.41) is 9.76. The second-order valence-electron chi connectivity index (χ2n) is 8.36. The Bertz CT molecular complexity index is 1010. The van der Waals surface area contributed by atoms with Crippen LogP contribution in [-0.2, 0) is 17.8 Å². The summed E-state index contributed by atoms with van der Waals surface area (Å²) in [7, 11) is 1.66. The Balaban J connectivity index is 1.50. The van der Waals surface area contributed by atoms with E-state index in [-0.39, 0.29) is 5.91 Å². The molecule has 7 heteroatoms. The van der Waals surface area contributed by atoms with E-state index in [4.69, 9.17) is 4.74 Å². The lowest BCUT2D eigenvalue weighted by molar-refractivity contribution is -0.128. The molecule has 0 atom stereocenters. The number of benzene rings is 2. The molecule has 174 valence electrons. The Kier molecular flexibility index (Phi) is 8.41. The minimum absolute atomic E-state index is 0.200. The topological polar surface area (TPSA) is 60.3 Å². The number of amides is 1. The van der Waals surface area contributed by atoms with Crippen LogP contribution in [0.15, 0.2) is 59.8 Å². The molecule has 2 heterocycles. The molecule has 4 rings (SSSR count). The molecule has 33 heavy (non-hydrogen) atoms. The maximum absolute atomic E-state index is 12.9. The van der Waals surface area contributed by atoms with Gasteiger partial charge in [0.05, 0.1) is 12.9 Å². The van der Waals surface area contributed by atoms with Crippen LogP contribution in [0.5, 0.6) is 5.75 Å². The van der Waals surface area contributed by atoms with Crippen molar-refractivity contribution in [2.75, 3.05) is 26.0 Å². The van der Waals surface area contributed by atoms with E-state index in [9.17, 15) is 4.79 Å². The summed E-state index contributed by atoms with van der Waals surface area (Å²) >= 11 is 1.49. The molecule has 2 aromatic carbocycles. The zero-order chi connectivity index (χ0) is 22.9. The van der Waals surface area contributed by atoms with Crippen molar-refractivity contribution in [3.05, 3.63) is 60.2 Å². The lowest BCUT2D eigenvalue weighted by atomic mass is 10.1. The second kappa shape index (κ2) is 11.9. The summed E-state index contributed by atoms with van der Waals surface area (Å²) in [6.07, 6.45) is 6.80. The first kappa shape index (κ1) is 23.4. The van der Waals surface area contributed by atoms with Crippen LogP contribution in [0.25, 0.3) is 11.4 Å². The summed E-state index contributed by atoms with van der Waals surface area (Å²) in [6.45, 7) is 2.49. The third-order valence-electron chi connectivity index (χ3n) is 6.07. The first-order valence-electron chi connectivity index (χ1n) is 11.8. The fraction of sp³-hybridized carbons (Fsp3) is 0.423. The average Bonchev–Trinajstić information content (AvgIpc) is 3.24. The maximum Gasteiger partial charge on any atom is 0.233 e. The van der Waals surface area contributed by atoms with Gasteiger partial charge in [-0.1, -0.05) is 61.4 Å². The number of likely N-dealkylation sites (tertiary alicyclic amines) is 1. The Hall–Kier alpha value is -2.80. The Morgan fingerprint density at radius 2 is 1.64 bits per heavy atom. The first-order valence-corrected chi connectivity index (χ1v) is 12.8. The van der Waals surface area contributed by atoms with Crippen LogP contribution in [0, 0.1) is 0 Å². The highest BCUT2D eigenvalue weighted by atomic mass is 32.2. The summed E-state index contributed by atoms with van der Waals surface area (Å²) in [5.74, 6) is 2.22. The van der Waals surface area contributed by atoms with E-state index in [2.05, 4.69) is 39.0 Å². The van der Waals surface area contributed by atoms with Gasteiger partial charge in [-0.25, -0.2) is 0 Å². The third-order valence-corrected chi connectivity index (χ3v) is 7.02. The predicted molar refractivity (Wildman–Crippen MR) is 133 cm³/mol. The van der Waals surface area contributed by atoms with Crippen molar-refractivity contribution < 1.29 is 9.53 Å². The molecule has 1 aliphatic rings. The number of ether oxygens (including phenoxy) is 1. The Labute approximate surface area is 200 Å². The van der Waals surface area contributed by atoms with E-state index in [1.807, 2.05) is 35.2 Å². The molecule has 0 bridgehead atoms. The van der Waals surface area contributed by atoms with Gasteiger partial charge in [-0.05, 0) is 49.1 Å². The van der Waals surface area contributed by atoms with E-state index in [0.717, 1.165) is 61.2 Å². The van der Waals surface area contributed by atoms with Crippen molar-refractivity contribution in [1.29, 1.82) is 0 Å². The minimum atomic E-state index is 0.200. The molecule has 0 spiro atoms. The molecule has 0 radical (unpaired) electrons. The number of thioether (sulfide) groups is 1. The largest absolute Gasteiger partial charge is 0.497 e. The molecule has 0 saturated carbocycles. The lowest BCUT2D eigenvalue weighted by Crippen LogP contribution is -2.35. The highest BCUT2D eigenvalue weighted by Crippen LogP contribution is 2.26. The summed E-state index contributed by atoms with van der Waals surface area (Å²) < 4.78 is 7.44. The second-order valence-corrected chi connectivity index (χ2v) is 9.30. The van der Waals surface area contributed by atoms with E-state index in [1.165, 1.54) is 36.6 Å². The van der Waals surface area contributed by atoms with Gasteiger partial charge in [-0.15, -0.1) is 10.2 Å². The fourth-order valence-electron chi connectivity index (χ4n) is 4.15. The summed E-state index contributed by atoms with van der Waals surface area (Å²) in [5.41, 5.74) is 2.25. The van der Waals surface area contributed by atoms with Gasteiger partial charge in [0.2, 0.25) is 5.91 Å². The fourth-order valence-corrected chi connectivity index (χ4v) is 5.02. The number of methoxy groups -OCH3 is 1. The van der Waals surface area contributed by atoms with Crippen molar-refractivity contribution in [1.82, 2.24) is 19.7 Å². The van der Waals surface area contributed by atoms with Crippen LogP contribution in [-0.4, -0.2) is 51.5 Å². The maximum atomic E-state index is 12.9. The monoisotopic (exact) mass is 464 g/mol. The SMILES string of the molecule is COc1ccc(-c2nnc(SCC(=O)N3CCCCCCC3)n2CCc2ccccc2)cc1. The molecule has 0 unspecified atom stereocenters. The first-order chi connectivity index (χ1) is 16.2. The number of carbonyl (C=O) groups excluding carboxylic acids is 1. The van der Waals surface area contributed by atoms with Crippen LogP contribution < -0.4 is 4.74 Å². The summed E-state index contributed by atoms with van der Waals surface area (Å²) in [6, 6.07) is 18.3. The van der Waals surface area contributed by atoms with Gasteiger partial charge in [0, 0.05) is 25.2 Å². The normalized spacial score (nSPS) is 14.5. The highest BCUT2D eigenvalue weighted by molar-refractivity contribution is 7.99. The molecule has 1 aromatic heterocycles. The molecule has 3 aromatic rings. The minimum Gasteiger partial charge on any atom is -0.497 e. The molecular weight excluding hydrogens is 432 g/mol. The van der Waals surface area contributed by atoms with Crippen LogP contribution in [0.1, 0.15) is 37.7 Å². The van der Waals surface area contributed by atoms with E-state index < -0.39 is 0 Å². The number of aryl methyl sites for hydroxylation is 1. The molecule has 6 nitrogen and oxygen atoms in total. The van der Waals surface area contributed by atoms with E-state index in [1.54, 1.807) is 7.11 Å².